The third kappa shape index (κ3) is 3.56. The fourth-order valence-corrected chi connectivity index (χ4v) is 4.77. The van der Waals surface area contributed by atoms with Gasteiger partial charge in [0, 0.05) is 18.9 Å². The van der Waals surface area contributed by atoms with Crippen molar-refractivity contribution in [1.29, 1.82) is 0 Å². The smallest absolute Gasteiger partial charge is 0.191 e. The van der Waals surface area contributed by atoms with Crippen LogP contribution in [0, 0.1) is 29.6 Å². The number of Topliss-reactive ketones (excluding diaryl/α,β-unsaturated/α-hetero) is 1. The molecule has 0 amide bonds. The summed E-state index contributed by atoms with van der Waals surface area (Å²) in [5.74, 6) is 2.46. The predicted molar refractivity (Wildman–Crippen MR) is 95.3 cm³/mol. The first-order valence-corrected chi connectivity index (χ1v) is 11.8. The first-order chi connectivity index (χ1) is 10.0. The van der Waals surface area contributed by atoms with Gasteiger partial charge < -0.3 is 4.43 Å². The molecule has 126 valence electrons. The number of fused-ring (bicyclic) bond motifs is 1. The summed E-state index contributed by atoms with van der Waals surface area (Å²) >= 11 is 0. The minimum absolute atomic E-state index is 0.195. The van der Waals surface area contributed by atoms with E-state index in [-0.39, 0.29) is 11.0 Å². The molecule has 1 fully saturated rings. The van der Waals surface area contributed by atoms with Gasteiger partial charge in [-0.05, 0) is 48.2 Å². The monoisotopic (exact) mass is 322 g/mol. The molecule has 0 N–H and O–H groups in total. The van der Waals surface area contributed by atoms with Gasteiger partial charge in [0.05, 0.1) is 0 Å². The van der Waals surface area contributed by atoms with E-state index in [1.54, 1.807) is 0 Å². The zero-order valence-electron chi connectivity index (χ0n) is 15.5. The zero-order valence-corrected chi connectivity index (χ0v) is 16.5. The van der Waals surface area contributed by atoms with E-state index in [2.05, 4.69) is 59.9 Å². The zero-order chi connectivity index (χ0) is 16.7. The Hall–Kier alpha value is -0.413. The van der Waals surface area contributed by atoms with E-state index < -0.39 is 8.32 Å². The number of hydrogen-bond donors (Lipinski definition) is 0. The van der Waals surface area contributed by atoms with Crippen molar-refractivity contribution in [2.45, 2.75) is 65.6 Å². The molecule has 0 spiro atoms. The molecule has 2 aliphatic rings. The highest BCUT2D eigenvalue weighted by molar-refractivity contribution is 6.74. The molecule has 0 aromatic carbocycles. The summed E-state index contributed by atoms with van der Waals surface area (Å²) < 4.78 is 6.48. The number of carbonyl (C=O) groups excluding carboxylic acids is 1. The maximum atomic E-state index is 12.6. The van der Waals surface area contributed by atoms with Crippen molar-refractivity contribution in [1.82, 2.24) is 0 Å². The van der Waals surface area contributed by atoms with E-state index in [1.807, 2.05) is 0 Å². The summed E-state index contributed by atoms with van der Waals surface area (Å²) in [4.78, 5) is 12.6. The van der Waals surface area contributed by atoms with Crippen LogP contribution in [-0.2, 0) is 9.22 Å². The predicted octanol–water partition coefficient (Wildman–Crippen LogP) is 5.06. The van der Waals surface area contributed by atoms with E-state index in [1.165, 1.54) is 0 Å². The van der Waals surface area contributed by atoms with Crippen molar-refractivity contribution in [3.63, 3.8) is 0 Å². The van der Waals surface area contributed by atoms with E-state index >= 15 is 0 Å². The summed E-state index contributed by atoms with van der Waals surface area (Å²) in [6.45, 7) is 16.7. The Bertz CT molecular complexity index is 447. The summed E-state index contributed by atoms with van der Waals surface area (Å²) in [5.41, 5.74) is 0. The summed E-state index contributed by atoms with van der Waals surface area (Å²) in [6, 6.07) is 0. The van der Waals surface area contributed by atoms with Crippen LogP contribution in [-0.4, -0.2) is 20.7 Å². The lowest BCUT2D eigenvalue weighted by Crippen LogP contribution is -2.47. The quantitative estimate of drug-likeness (QED) is 0.536. The van der Waals surface area contributed by atoms with Gasteiger partial charge in [-0.3, -0.25) is 4.79 Å². The van der Waals surface area contributed by atoms with Crippen molar-refractivity contribution in [2.75, 3.05) is 6.61 Å². The Balaban J connectivity index is 2.12. The minimum atomic E-state index is -1.75. The van der Waals surface area contributed by atoms with E-state index in [0.29, 0.717) is 29.5 Å². The van der Waals surface area contributed by atoms with Gasteiger partial charge in [-0.1, -0.05) is 46.8 Å². The fourth-order valence-electron chi connectivity index (χ4n) is 3.73. The Kier molecular flexibility index (Phi) is 5.08. The maximum Gasteiger partial charge on any atom is 0.191 e. The summed E-state index contributed by atoms with van der Waals surface area (Å²) in [7, 11) is -1.75. The van der Waals surface area contributed by atoms with Crippen molar-refractivity contribution in [3.8, 4) is 0 Å². The summed E-state index contributed by atoms with van der Waals surface area (Å²) in [5, 5.41) is 0.227. The lowest BCUT2D eigenvalue weighted by molar-refractivity contribution is -0.131. The van der Waals surface area contributed by atoms with Crippen LogP contribution in [0.2, 0.25) is 18.1 Å². The van der Waals surface area contributed by atoms with Crippen molar-refractivity contribution in [3.05, 3.63) is 12.2 Å². The van der Waals surface area contributed by atoms with Gasteiger partial charge in [0.15, 0.2) is 8.32 Å². The molecular formula is C19H34O2Si. The number of ketones is 1. The highest BCUT2D eigenvalue weighted by atomic mass is 28.4. The molecule has 3 heteroatoms. The van der Waals surface area contributed by atoms with Crippen LogP contribution < -0.4 is 0 Å². The van der Waals surface area contributed by atoms with Crippen LogP contribution in [0.4, 0.5) is 0 Å². The van der Waals surface area contributed by atoms with Crippen LogP contribution in [0.15, 0.2) is 12.2 Å². The summed E-state index contributed by atoms with van der Waals surface area (Å²) in [6.07, 6.45) is 6.56. The minimum Gasteiger partial charge on any atom is -0.417 e. The number of carbonyl (C=O) groups is 1. The average molecular weight is 323 g/mol. The Labute approximate surface area is 137 Å². The lowest BCUT2D eigenvalue weighted by Gasteiger charge is -2.44. The van der Waals surface area contributed by atoms with E-state index in [4.69, 9.17) is 4.43 Å². The molecule has 0 radical (unpaired) electrons. The SMILES string of the molecule is C[C@H]1CC(=O)[C@@H]2[C@@H](CO[Si](C)(C)C(C)(C)C)[C@@H](C)C=C[C@H]2C1. The third-order valence-corrected chi connectivity index (χ3v) is 10.8. The van der Waals surface area contributed by atoms with Crippen molar-refractivity contribution >= 4 is 14.1 Å². The van der Waals surface area contributed by atoms with Gasteiger partial charge >= 0.3 is 0 Å². The normalized spacial score (nSPS) is 36.3. The molecule has 0 unspecified atom stereocenters. The van der Waals surface area contributed by atoms with Crippen LogP contribution in [0.3, 0.4) is 0 Å². The second kappa shape index (κ2) is 6.24. The van der Waals surface area contributed by atoms with Crippen LogP contribution in [0.25, 0.3) is 0 Å². The van der Waals surface area contributed by atoms with Crippen molar-refractivity contribution in [2.24, 2.45) is 29.6 Å². The number of rotatable bonds is 3. The Morgan fingerprint density at radius 3 is 2.45 bits per heavy atom. The molecule has 22 heavy (non-hydrogen) atoms. The molecule has 2 aliphatic carbocycles. The van der Waals surface area contributed by atoms with Gasteiger partial charge in [-0.15, -0.1) is 0 Å². The maximum absolute atomic E-state index is 12.6. The molecule has 0 heterocycles. The highest BCUT2D eigenvalue weighted by Gasteiger charge is 2.44. The third-order valence-electron chi connectivity index (χ3n) is 6.30. The molecule has 0 aromatic rings. The molecule has 1 saturated carbocycles. The van der Waals surface area contributed by atoms with E-state index in [9.17, 15) is 4.79 Å². The van der Waals surface area contributed by atoms with Crippen LogP contribution in [0.1, 0.15) is 47.5 Å². The molecule has 0 aromatic heterocycles. The molecule has 0 saturated heterocycles. The molecule has 0 bridgehead atoms. The van der Waals surface area contributed by atoms with Gasteiger partial charge in [0.2, 0.25) is 0 Å². The second-order valence-electron chi connectivity index (χ2n) is 9.18. The Morgan fingerprint density at radius 1 is 1.23 bits per heavy atom. The average Bonchev–Trinajstić information content (AvgIpc) is 2.36. The van der Waals surface area contributed by atoms with Gasteiger partial charge in [0.25, 0.3) is 0 Å². The number of hydrogen-bond acceptors (Lipinski definition) is 2. The second-order valence-corrected chi connectivity index (χ2v) is 14.0. The molecule has 2 nitrogen and oxygen atoms in total. The molecule has 2 rings (SSSR count). The molecule has 5 atom stereocenters. The first-order valence-electron chi connectivity index (χ1n) is 8.88. The fraction of sp³-hybridized carbons (Fsp3) is 0.842. The number of allylic oxidation sites excluding steroid dienone is 2. The Morgan fingerprint density at radius 2 is 1.86 bits per heavy atom. The standard InChI is InChI=1S/C19H34O2Si/c1-13-10-15-9-8-14(2)16(18(15)17(20)11-13)12-21-22(6,7)19(3,4)5/h8-9,13-16,18H,10-12H2,1-7H3/t13-,14+,15+,16+,18+/m1/s1. The topological polar surface area (TPSA) is 26.3 Å². The highest BCUT2D eigenvalue weighted by Crippen LogP contribution is 2.44. The van der Waals surface area contributed by atoms with Gasteiger partial charge in [-0.2, -0.15) is 0 Å². The van der Waals surface area contributed by atoms with Gasteiger partial charge in [0.1, 0.15) is 5.78 Å². The molecule has 0 aliphatic heterocycles. The first kappa shape index (κ1) is 17.9. The lowest BCUT2D eigenvalue weighted by atomic mass is 9.63. The van der Waals surface area contributed by atoms with Crippen molar-refractivity contribution < 1.29 is 9.22 Å². The molecular weight excluding hydrogens is 288 g/mol. The van der Waals surface area contributed by atoms with Crippen LogP contribution in [0.5, 0.6) is 0 Å². The largest absolute Gasteiger partial charge is 0.417 e. The van der Waals surface area contributed by atoms with E-state index in [0.717, 1.165) is 19.4 Å². The van der Waals surface area contributed by atoms with Gasteiger partial charge in [-0.25, -0.2) is 0 Å². The van der Waals surface area contributed by atoms with Crippen LogP contribution >= 0.6 is 0 Å².